The zero-order valence-corrected chi connectivity index (χ0v) is 11.5. The molecule has 0 spiro atoms. The number of nitrogen functional groups attached to an aromatic ring is 1. The smallest absolute Gasteiger partial charge is 0.142 e. The molecule has 1 rings (SSSR count). The number of nitrogens with two attached hydrogens (primary N) is 1. The molecule has 2 N–H and O–H groups in total. The van der Waals surface area contributed by atoms with Crippen molar-refractivity contribution in [2.45, 2.75) is 6.42 Å². The van der Waals surface area contributed by atoms with Crippen molar-refractivity contribution in [2.75, 3.05) is 52.5 Å². The third-order valence-electron chi connectivity index (χ3n) is 2.41. The van der Waals surface area contributed by atoms with Gasteiger partial charge in [-0.25, -0.2) is 0 Å². The first-order chi connectivity index (χ1) is 9.34. The molecule has 0 saturated carbocycles. The standard InChI is InChI=1S/C14H23NO4/c1-16-9-10-17-7-4-8-18-11-12-19-14-6-3-2-5-13(14)15/h2-3,5-6H,4,7-12,15H2,1H3. The van der Waals surface area contributed by atoms with Crippen molar-refractivity contribution in [3.63, 3.8) is 0 Å². The van der Waals surface area contributed by atoms with Gasteiger partial charge in [0.2, 0.25) is 0 Å². The molecule has 0 saturated heterocycles. The van der Waals surface area contributed by atoms with Gasteiger partial charge in [-0.05, 0) is 18.6 Å². The van der Waals surface area contributed by atoms with E-state index in [0.717, 1.165) is 6.42 Å². The Morgan fingerprint density at radius 2 is 1.58 bits per heavy atom. The summed E-state index contributed by atoms with van der Waals surface area (Å²) in [5.74, 6) is 0.703. The maximum absolute atomic E-state index is 5.75. The van der Waals surface area contributed by atoms with Gasteiger partial charge in [-0.15, -0.1) is 0 Å². The van der Waals surface area contributed by atoms with Gasteiger partial charge in [0.1, 0.15) is 12.4 Å². The van der Waals surface area contributed by atoms with Crippen LogP contribution in [0.3, 0.4) is 0 Å². The fourth-order valence-corrected chi connectivity index (χ4v) is 1.43. The molecule has 0 amide bonds. The van der Waals surface area contributed by atoms with E-state index >= 15 is 0 Å². The van der Waals surface area contributed by atoms with Crippen molar-refractivity contribution in [1.82, 2.24) is 0 Å². The van der Waals surface area contributed by atoms with Gasteiger partial charge in [-0.1, -0.05) is 12.1 Å². The minimum absolute atomic E-state index is 0.499. The van der Waals surface area contributed by atoms with E-state index in [1.165, 1.54) is 0 Å². The second kappa shape index (κ2) is 10.6. The fourth-order valence-electron chi connectivity index (χ4n) is 1.43. The molecule has 0 aliphatic rings. The Kier molecular flexibility index (Phi) is 8.80. The van der Waals surface area contributed by atoms with Crippen LogP contribution >= 0.6 is 0 Å². The maximum atomic E-state index is 5.75. The quantitative estimate of drug-likeness (QED) is 0.489. The van der Waals surface area contributed by atoms with Crippen LogP contribution in [0.4, 0.5) is 5.69 Å². The number of hydrogen-bond acceptors (Lipinski definition) is 5. The van der Waals surface area contributed by atoms with E-state index in [-0.39, 0.29) is 0 Å². The van der Waals surface area contributed by atoms with Crippen molar-refractivity contribution in [1.29, 1.82) is 0 Å². The van der Waals surface area contributed by atoms with E-state index in [2.05, 4.69) is 0 Å². The van der Waals surface area contributed by atoms with Crippen molar-refractivity contribution in [3.05, 3.63) is 24.3 Å². The van der Waals surface area contributed by atoms with Gasteiger partial charge in [0.15, 0.2) is 0 Å². The topological polar surface area (TPSA) is 62.9 Å². The third-order valence-corrected chi connectivity index (χ3v) is 2.41. The SMILES string of the molecule is COCCOCCCOCCOc1ccccc1N. The fraction of sp³-hybridized carbons (Fsp3) is 0.571. The summed E-state index contributed by atoms with van der Waals surface area (Å²) in [6.07, 6.45) is 0.872. The predicted octanol–water partition coefficient (Wildman–Crippen LogP) is 1.72. The first-order valence-electron chi connectivity index (χ1n) is 6.46. The molecule has 0 bridgehead atoms. The Balaban J connectivity index is 1.90. The highest BCUT2D eigenvalue weighted by molar-refractivity contribution is 5.51. The second-order valence-electron chi connectivity index (χ2n) is 3.96. The lowest BCUT2D eigenvalue weighted by Crippen LogP contribution is -2.10. The van der Waals surface area contributed by atoms with Crippen LogP contribution in [0.5, 0.6) is 5.75 Å². The molecule has 0 aliphatic heterocycles. The average Bonchev–Trinajstić information content (AvgIpc) is 2.43. The lowest BCUT2D eigenvalue weighted by Gasteiger charge is -2.09. The highest BCUT2D eigenvalue weighted by Crippen LogP contribution is 2.19. The van der Waals surface area contributed by atoms with Crippen LogP contribution in [-0.4, -0.2) is 46.8 Å². The van der Waals surface area contributed by atoms with E-state index in [0.29, 0.717) is 51.1 Å². The molecule has 0 radical (unpaired) electrons. The van der Waals surface area contributed by atoms with Crippen LogP contribution in [0, 0.1) is 0 Å². The maximum Gasteiger partial charge on any atom is 0.142 e. The molecule has 0 aliphatic carbocycles. The molecule has 0 aromatic heterocycles. The molecule has 5 heteroatoms. The second-order valence-corrected chi connectivity index (χ2v) is 3.96. The normalized spacial score (nSPS) is 10.6. The van der Waals surface area contributed by atoms with Gasteiger partial charge >= 0.3 is 0 Å². The zero-order chi connectivity index (χ0) is 13.8. The molecule has 0 fully saturated rings. The van der Waals surface area contributed by atoms with Crippen LogP contribution in [0.15, 0.2) is 24.3 Å². The van der Waals surface area contributed by atoms with Crippen LogP contribution < -0.4 is 10.5 Å². The molecule has 0 unspecified atom stereocenters. The Labute approximate surface area is 114 Å². The van der Waals surface area contributed by atoms with Crippen LogP contribution in [0.25, 0.3) is 0 Å². The predicted molar refractivity (Wildman–Crippen MR) is 74.5 cm³/mol. The minimum atomic E-state index is 0.499. The Morgan fingerprint density at radius 3 is 2.26 bits per heavy atom. The van der Waals surface area contributed by atoms with Gasteiger partial charge in [0.25, 0.3) is 0 Å². The Morgan fingerprint density at radius 1 is 0.895 bits per heavy atom. The van der Waals surface area contributed by atoms with Gasteiger partial charge in [-0.2, -0.15) is 0 Å². The number of para-hydroxylation sites is 2. The summed E-state index contributed by atoms with van der Waals surface area (Å²) in [7, 11) is 1.66. The van der Waals surface area contributed by atoms with E-state index in [1.807, 2.05) is 24.3 Å². The number of ether oxygens (including phenoxy) is 4. The van der Waals surface area contributed by atoms with E-state index < -0.39 is 0 Å². The molecule has 19 heavy (non-hydrogen) atoms. The summed E-state index contributed by atoms with van der Waals surface area (Å²) in [5, 5.41) is 0. The van der Waals surface area contributed by atoms with E-state index in [1.54, 1.807) is 7.11 Å². The van der Waals surface area contributed by atoms with Gasteiger partial charge < -0.3 is 24.7 Å². The van der Waals surface area contributed by atoms with Gasteiger partial charge in [0, 0.05) is 20.3 Å². The highest BCUT2D eigenvalue weighted by Gasteiger charge is 1.97. The monoisotopic (exact) mass is 269 g/mol. The Bertz CT molecular complexity index is 333. The number of hydrogen-bond donors (Lipinski definition) is 1. The first-order valence-corrected chi connectivity index (χ1v) is 6.46. The van der Waals surface area contributed by atoms with Gasteiger partial charge in [-0.3, -0.25) is 0 Å². The van der Waals surface area contributed by atoms with Crippen LogP contribution in [0.1, 0.15) is 6.42 Å². The van der Waals surface area contributed by atoms with Crippen molar-refractivity contribution in [2.24, 2.45) is 0 Å². The Hall–Kier alpha value is -1.30. The molecule has 1 aromatic rings. The lowest BCUT2D eigenvalue weighted by molar-refractivity contribution is 0.0459. The first kappa shape index (κ1) is 15.8. The van der Waals surface area contributed by atoms with Crippen LogP contribution in [-0.2, 0) is 14.2 Å². The molecule has 108 valence electrons. The number of anilines is 1. The molecule has 0 atom stereocenters. The third kappa shape index (κ3) is 7.66. The lowest BCUT2D eigenvalue weighted by atomic mass is 10.3. The summed E-state index contributed by atoms with van der Waals surface area (Å²) in [4.78, 5) is 0. The molecule has 0 heterocycles. The van der Waals surface area contributed by atoms with E-state index in [4.69, 9.17) is 24.7 Å². The van der Waals surface area contributed by atoms with Crippen molar-refractivity contribution in [3.8, 4) is 5.75 Å². The zero-order valence-electron chi connectivity index (χ0n) is 11.5. The number of benzene rings is 1. The summed E-state index contributed by atoms with van der Waals surface area (Å²) in [6.45, 7) is 3.67. The van der Waals surface area contributed by atoms with Crippen molar-refractivity contribution < 1.29 is 18.9 Å². The summed E-state index contributed by atoms with van der Waals surface area (Å²) >= 11 is 0. The minimum Gasteiger partial charge on any atom is -0.489 e. The van der Waals surface area contributed by atoms with Gasteiger partial charge in [0.05, 0.1) is 25.5 Å². The van der Waals surface area contributed by atoms with E-state index in [9.17, 15) is 0 Å². The molecular weight excluding hydrogens is 246 g/mol. The summed E-state index contributed by atoms with van der Waals surface area (Å²) in [5.41, 5.74) is 6.40. The highest BCUT2D eigenvalue weighted by atomic mass is 16.5. The molecular formula is C14H23NO4. The van der Waals surface area contributed by atoms with Crippen molar-refractivity contribution >= 4 is 5.69 Å². The number of methoxy groups -OCH3 is 1. The molecule has 1 aromatic carbocycles. The average molecular weight is 269 g/mol. The van der Waals surface area contributed by atoms with Crippen LogP contribution in [0.2, 0.25) is 0 Å². The number of rotatable bonds is 11. The largest absolute Gasteiger partial charge is 0.489 e. The summed E-state index contributed by atoms with van der Waals surface area (Å²) in [6, 6.07) is 7.43. The molecule has 5 nitrogen and oxygen atoms in total. The summed E-state index contributed by atoms with van der Waals surface area (Å²) < 4.78 is 21.1.